The third-order valence-electron chi connectivity index (χ3n) is 7.21. The van der Waals surface area contributed by atoms with Crippen molar-refractivity contribution in [3.63, 3.8) is 0 Å². The lowest BCUT2D eigenvalue weighted by atomic mass is 10.1. The number of esters is 1. The Hall–Kier alpha value is -4.46. The highest BCUT2D eigenvalue weighted by molar-refractivity contribution is 7.89. The number of hydrogen-bond acceptors (Lipinski definition) is 8. The minimum Gasteiger partial charge on any atom is -0.495 e. The number of amidine groups is 1. The summed E-state index contributed by atoms with van der Waals surface area (Å²) >= 11 is 6.15. The Balaban J connectivity index is 1.50. The lowest BCUT2D eigenvalue weighted by Gasteiger charge is -2.28. The predicted molar refractivity (Wildman–Crippen MR) is 167 cm³/mol. The highest BCUT2D eigenvalue weighted by Crippen LogP contribution is 2.27. The van der Waals surface area contributed by atoms with Crippen molar-refractivity contribution >= 4 is 45.2 Å². The summed E-state index contributed by atoms with van der Waals surface area (Å²) in [6.07, 6.45) is 0.248. The number of rotatable bonds is 13. The van der Waals surface area contributed by atoms with Gasteiger partial charge in [0.1, 0.15) is 30.3 Å². The lowest BCUT2D eigenvalue weighted by Crippen LogP contribution is -2.54. The van der Waals surface area contributed by atoms with E-state index in [4.69, 9.17) is 32.2 Å². The zero-order valence-electron chi connectivity index (χ0n) is 24.5. The van der Waals surface area contributed by atoms with Crippen LogP contribution in [0.2, 0.25) is 5.02 Å². The molecule has 1 aliphatic heterocycles. The average Bonchev–Trinajstić information content (AvgIpc) is 3.53. The number of sulfonamides is 1. The lowest BCUT2D eigenvalue weighted by molar-refractivity contribution is -0.149. The van der Waals surface area contributed by atoms with E-state index in [1.807, 2.05) is 6.07 Å². The second-order valence-electron chi connectivity index (χ2n) is 10.3. The zero-order valence-corrected chi connectivity index (χ0v) is 26.1. The summed E-state index contributed by atoms with van der Waals surface area (Å²) in [5, 5.41) is 10.4. The summed E-state index contributed by atoms with van der Waals surface area (Å²) < 4.78 is 39.5. The van der Waals surface area contributed by atoms with E-state index < -0.39 is 46.3 Å². The van der Waals surface area contributed by atoms with E-state index in [1.165, 1.54) is 30.2 Å². The maximum atomic E-state index is 13.9. The smallest absolute Gasteiger partial charge is 0.308 e. The fraction of sp³-hybridized carbons (Fsp3) is 0.290. The molecule has 1 heterocycles. The fourth-order valence-corrected chi connectivity index (χ4v) is 6.36. The molecule has 5 N–H and O–H groups in total. The van der Waals surface area contributed by atoms with Gasteiger partial charge in [0, 0.05) is 18.7 Å². The number of hydrogen-bond donors (Lipinski definition) is 4. The summed E-state index contributed by atoms with van der Waals surface area (Å²) in [7, 11) is -2.97. The van der Waals surface area contributed by atoms with E-state index in [0.717, 1.165) is 11.1 Å². The highest BCUT2D eigenvalue weighted by atomic mass is 35.5. The molecule has 0 unspecified atom stereocenters. The van der Waals surface area contributed by atoms with Crippen LogP contribution in [0.15, 0.2) is 77.7 Å². The molecule has 14 heteroatoms. The molecule has 0 aromatic heterocycles. The Morgan fingerprint density at radius 2 is 1.78 bits per heavy atom. The molecule has 0 radical (unpaired) electrons. The van der Waals surface area contributed by atoms with Gasteiger partial charge in [-0.2, -0.15) is 4.72 Å². The van der Waals surface area contributed by atoms with Crippen LogP contribution in [0.5, 0.6) is 5.75 Å². The van der Waals surface area contributed by atoms with Crippen molar-refractivity contribution in [2.75, 3.05) is 13.7 Å². The number of nitrogens with two attached hydrogens (primary N) is 1. The maximum Gasteiger partial charge on any atom is 0.308 e. The van der Waals surface area contributed by atoms with Gasteiger partial charge in [-0.1, -0.05) is 66.2 Å². The van der Waals surface area contributed by atoms with Crippen LogP contribution in [0, 0.1) is 5.41 Å². The molecule has 3 aromatic rings. The summed E-state index contributed by atoms with van der Waals surface area (Å²) in [6, 6.07) is 17.0. The molecule has 0 saturated carbocycles. The third kappa shape index (κ3) is 8.81. The second kappa shape index (κ2) is 15.0. The first-order chi connectivity index (χ1) is 21.5. The normalized spacial score (nSPS) is 15.2. The Labute approximate surface area is 266 Å². The number of halogens is 1. The van der Waals surface area contributed by atoms with E-state index in [-0.39, 0.29) is 41.2 Å². The van der Waals surface area contributed by atoms with E-state index in [2.05, 4.69) is 10.0 Å². The summed E-state index contributed by atoms with van der Waals surface area (Å²) in [5.74, 6) is -1.78. The number of nitrogen functional groups attached to an aromatic ring is 1. The van der Waals surface area contributed by atoms with Crippen LogP contribution in [-0.2, 0) is 42.3 Å². The van der Waals surface area contributed by atoms with Gasteiger partial charge < -0.3 is 25.4 Å². The van der Waals surface area contributed by atoms with E-state index >= 15 is 0 Å². The maximum absolute atomic E-state index is 13.9. The Morgan fingerprint density at radius 3 is 2.42 bits per heavy atom. The van der Waals surface area contributed by atoms with Crippen LogP contribution in [0.25, 0.3) is 0 Å². The number of nitrogens with one attached hydrogen (secondary N) is 3. The van der Waals surface area contributed by atoms with Gasteiger partial charge in [-0.3, -0.25) is 19.8 Å². The molecule has 0 bridgehead atoms. The van der Waals surface area contributed by atoms with Crippen molar-refractivity contribution in [1.29, 1.82) is 5.41 Å². The van der Waals surface area contributed by atoms with Gasteiger partial charge in [0.25, 0.3) is 0 Å². The van der Waals surface area contributed by atoms with Gasteiger partial charge in [0.2, 0.25) is 21.8 Å². The van der Waals surface area contributed by atoms with Gasteiger partial charge in [-0.15, -0.1) is 0 Å². The zero-order chi connectivity index (χ0) is 32.6. The minimum atomic E-state index is -4.36. The van der Waals surface area contributed by atoms with Gasteiger partial charge in [0.15, 0.2) is 0 Å². The van der Waals surface area contributed by atoms with Crippen LogP contribution < -0.4 is 20.5 Å². The predicted octanol–water partition coefficient (Wildman–Crippen LogP) is 2.72. The Morgan fingerprint density at radius 1 is 1.07 bits per heavy atom. The summed E-state index contributed by atoms with van der Waals surface area (Å²) in [4.78, 5) is 41.0. The van der Waals surface area contributed by atoms with Crippen LogP contribution >= 0.6 is 11.6 Å². The molecule has 2 atom stereocenters. The summed E-state index contributed by atoms with van der Waals surface area (Å²) in [6.45, 7) is 0.287. The van der Waals surface area contributed by atoms with Crippen LogP contribution in [0.1, 0.15) is 36.0 Å². The number of likely N-dealkylation sites (tertiary alicyclic amines) is 1. The minimum absolute atomic E-state index is 0.0396. The van der Waals surface area contributed by atoms with Crippen LogP contribution in [-0.4, -0.2) is 62.7 Å². The van der Waals surface area contributed by atoms with Crippen LogP contribution in [0.4, 0.5) is 0 Å². The number of carbonyl (C=O) groups is 3. The largest absolute Gasteiger partial charge is 0.495 e. The average molecular weight is 656 g/mol. The van der Waals surface area contributed by atoms with E-state index in [9.17, 15) is 22.8 Å². The first-order valence-electron chi connectivity index (χ1n) is 14.1. The number of amides is 2. The highest BCUT2D eigenvalue weighted by Gasteiger charge is 2.39. The van der Waals surface area contributed by atoms with Crippen molar-refractivity contribution in [2.45, 2.75) is 49.4 Å². The van der Waals surface area contributed by atoms with E-state index in [0.29, 0.717) is 18.4 Å². The molecule has 4 rings (SSSR count). The number of ether oxygens (including phenoxy) is 2. The number of benzene rings is 3. The van der Waals surface area contributed by atoms with Crippen molar-refractivity contribution in [3.8, 4) is 5.75 Å². The molecule has 45 heavy (non-hydrogen) atoms. The number of methoxy groups -OCH3 is 1. The molecule has 1 saturated heterocycles. The first-order valence-corrected chi connectivity index (χ1v) is 15.9. The van der Waals surface area contributed by atoms with Crippen molar-refractivity contribution < 1.29 is 32.3 Å². The molecule has 1 fully saturated rings. The van der Waals surface area contributed by atoms with Crippen molar-refractivity contribution in [2.24, 2.45) is 5.73 Å². The quantitative estimate of drug-likeness (QED) is 0.123. The number of carbonyl (C=O) groups excluding carboxylic acids is 3. The SMILES string of the molecule is COc1ccc(S(=O)(=O)N[C@@H](CC(=O)OCc2ccccc2)C(=O)N2CCC[C@H]2C(=O)NCc2ccc(C(=N)N)cc2)cc1Cl. The fourth-order valence-electron chi connectivity index (χ4n) is 4.83. The van der Waals surface area contributed by atoms with Crippen LogP contribution in [0.3, 0.4) is 0 Å². The standard InChI is InChI=1S/C31H34ClN5O7S/c1-43-27-14-13-23(16-24(27)32)45(41,42)36-25(17-28(38)44-19-21-6-3-2-4-7-21)31(40)37-15-5-8-26(37)30(39)35-18-20-9-11-22(12-10-20)29(33)34/h2-4,6-7,9-14,16,25-26,36H,5,8,15,17-19H2,1H3,(H3,33,34)(H,35,39)/t25-,26-/m0/s1. The van der Waals surface area contributed by atoms with Gasteiger partial charge in [-0.05, 0) is 42.2 Å². The third-order valence-corrected chi connectivity index (χ3v) is 8.98. The monoisotopic (exact) mass is 655 g/mol. The van der Waals surface area contributed by atoms with Crippen molar-refractivity contribution in [1.82, 2.24) is 14.9 Å². The second-order valence-corrected chi connectivity index (χ2v) is 12.5. The van der Waals surface area contributed by atoms with Gasteiger partial charge in [0.05, 0.1) is 23.4 Å². The topological polar surface area (TPSA) is 181 Å². The molecule has 3 aromatic carbocycles. The molecule has 1 aliphatic rings. The summed E-state index contributed by atoms with van der Waals surface area (Å²) in [5.41, 5.74) is 7.52. The van der Waals surface area contributed by atoms with E-state index in [1.54, 1.807) is 48.5 Å². The molecule has 0 aliphatic carbocycles. The van der Waals surface area contributed by atoms with Gasteiger partial charge in [-0.25, -0.2) is 8.42 Å². The molecular formula is C31H34ClN5O7S. The molecule has 12 nitrogen and oxygen atoms in total. The molecule has 238 valence electrons. The Bertz CT molecular complexity index is 1650. The molecular weight excluding hydrogens is 622 g/mol. The Kier molecular flexibility index (Phi) is 11.2. The molecule has 2 amide bonds. The first kappa shape index (κ1) is 33.4. The van der Waals surface area contributed by atoms with Crippen molar-refractivity contribution in [3.05, 3.63) is 94.5 Å². The number of nitrogens with zero attached hydrogens (tertiary/aromatic N) is 1. The molecule has 0 spiro atoms. The van der Waals surface area contributed by atoms with Gasteiger partial charge >= 0.3 is 5.97 Å².